The van der Waals surface area contributed by atoms with Crippen LogP contribution in [0, 0.1) is 5.41 Å². The number of anilines is 1. The van der Waals surface area contributed by atoms with Gasteiger partial charge in [-0.05, 0) is 43.5 Å². The summed E-state index contributed by atoms with van der Waals surface area (Å²) in [5, 5.41) is 11.5. The third-order valence-electron chi connectivity index (χ3n) is 5.65. The quantitative estimate of drug-likeness (QED) is 0.437. The van der Waals surface area contributed by atoms with Gasteiger partial charge in [0.2, 0.25) is 0 Å². The van der Waals surface area contributed by atoms with Gasteiger partial charge in [0.15, 0.2) is 0 Å². The molecule has 1 unspecified atom stereocenters. The van der Waals surface area contributed by atoms with Crippen LogP contribution in [0.15, 0.2) is 36.4 Å². The maximum Gasteiger partial charge on any atom is 0.261 e. The Morgan fingerprint density at radius 3 is 2.75 bits per heavy atom. The number of hydroxylamine groups is 1. The maximum atomic E-state index is 12.3. The summed E-state index contributed by atoms with van der Waals surface area (Å²) in [6.07, 6.45) is 5.22. The van der Waals surface area contributed by atoms with Crippen LogP contribution in [0.4, 0.5) is 5.69 Å². The second-order valence-electron chi connectivity index (χ2n) is 8.18. The first-order valence-electron chi connectivity index (χ1n) is 10.7. The molecule has 1 atom stereocenters. The Bertz CT molecular complexity index is 1030. The van der Waals surface area contributed by atoms with Crippen LogP contribution in [0.2, 0.25) is 4.34 Å². The van der Waals surface area contributed by atoms with Crippen LogP contribution in [0.25, 0.3) is 5.70 Å². The molecule has 1 saturated heterocycles. The van der Waals surface area contributed by atoms with E-state index in [1.165, 1.54) is 17.8 Å². The van der Waals surface area contributed by atoms with Crippen LogP contribution in [0.3, 0.4) is 0 Å². The minimum atomic E-state index is -0.286. The number of amidine groups is 1. The van der Waals surface area contributed by atoms with Crippen molar-refractivity contribution in [2.45, 2.75) is 25.4 Å². The topological polar surface area (TPSA) is 80.7 Å². The van der Waals surface area contributed by atoms with Crippen LogP contribution in [-0.2, 0) is 4.84 Å². The van der Waals surface area contributed by atoms with E-state index in [4.69, 9.17) is 21.8 Å². The highest BCUT2D eigenvalue weighted by atomic mass is 35.5. The molecular weight excluding hydrogens is 446 g/mol. The molecule has 1 aromatic heterocycles. The van der Waals surface area contributed by atoms with Crippen LogP contribution in [0.5, 0.6) is 0 Å². The Morgan fingerprint density at radius 2 is 2.06 bits per heavy atom. The normalized spacial score (nSPS) is 18.2. The lowest BCUT2D eigenvalue weighted by atomic mass is 10.0. The van der Waals surface area contributed by atoms with E-state index in [0.29, 0.717) is 21.6 Å². The minimum absolute atomic E-state index is 0.165. The Labute approximate surface area is 197 Å². The first kappa shape index (κ1) is 22.6. The van der Waals surface area contributed by atoms with Crippen molar-refractivity contribution in [1.29, 1.82) is 5.41 Å². The van der Waals surface area contributed by atoms with E-state index in [1.54, 1.807) is 12.1 Å². The zero-order valence-electron chi connectivity index (χ0n) is 18.3. The summed E-state index contributed by atoms with van der Waals surface area (Å²) in [5.41, 5.74) is 6.76. The molecule has 1 aromatic carbocycles. The maximum absolute atomic E-state index is 12.3. The van der Waals surface area contributed by atoms with E-state index < -0.39 is 0 Å². The van der Waals surface area contributed by atoms with Gasteiger partial charge in [-0.1, -0.05) is 23.7 Å². The number of carbonyl (C=O) groups excluding carboxylic acids is 1. The fourth-order valence-electron chi connectivity index (χ4n) is 3.93. The Hall–Kier alpha value is -2.55. The second-order valence-corrected chi connectivity index (χ2v) is 9.89. The molecule has 3 N–H and O–H groups in total. The minimum Gasteiger partial charge on any atom is -0.377 e. The fraction of sp³-hybridized carbons (Fsp3) is 0.391. The van der Waals surface area contributed by atoms with Crippen molar-refractivity contribution in [3.05, 3.63) is 56.7 Å². The number of hydrogen-bond acceptors (Lipinski definition) is 6. The smallest absolute Gasteiger partial charge is 0.261 e. The van der Waals surface area contributed by atoms with E-state index in [9.17, 15) is 4.79 Å². The molecule has 3 heterocycles. The molecule has 1 fully saturated rings. The van der Waals surface area contributed by atoms with Crippen molar-refractivity contribution in [3.63, 3.8) is 0 Å². The number of piperidine rings is 1. The summed E-state index contributed by atoms with van der Waals surface area (Å²) in [6, 6.07) is 9.51. The standard InChI is InChI=1S/C23H28ClN5O2S/c1-28(2)19-12-15(22(25)29-10-4-3-5-11-29)6-7-17(19)18-13-16(31-27-18)14-26-23(30)20-8-9-21(24)32-20/h6-9,12-13,16,25,27H,3-5,10-11,14H2,1-2H3,(H,26,30). The van der Waals surface area contributed by atoms with Crippen LogP contribution in [-0.4, -0.2) is 56.5 Å². The number of thiophene rings is 1. The summed E-state index contributed by atoms with van der Waals surface area (Å²) < 4.78 is 0.587. The van der Waals surface area contributed by atoms with Crippen molar-refractivity contribution >= 4 is 46.1 Å². The van der Waals surface area contributed by atoms with Gasteiger partial charge < -0.3 is 15.1 Å². The predicted molar refractivity (Wildman–Crippen MR) is 131 cm³/mol. The van der Waals surface area contributed by atoms with Crippen molar-refractivity contribution in [1.82, 2.24) is 15.7 Å². The number of benzene rings is 1. The van der Waals surface area contributed by atoms with Gasteiger partial charge in [0.25, 0.3) is 5.91 Å². The molecule has 170 valence electrons. The number of rotatable bonds is 6. The summed E-state index contributed by atoms with van der Waals surface area (Å²) in [5.74, 6) is 0.417. The fourth-order valence-corrected chi connectivity index (χ4v) is 4.89. The summed E-state index contributed by atoms with van der Waals surface area (Å²) in [7, 11) is 3.99. The molecule has 2 aliphatic rings. The van der Waals surface area contributed by atoms with E-state index >= 15 is 0 Å². The molecule has 0 radical (unpaired) electrons. The van der Waals surface area contributed by atoms with Crippen molar-refractivity contribution in [2.75, 3.05) is 38.6 Å². The van der Waals surface area contributed by atoms with Gasteiger partial charge >= 0.3 is 0 Å². The first-order valence-corrected chi connectivity index (χ1v) is 11.9. The molecule has 0 spiro atoms. The summed E-state index contributed by atoms with van der Waals surface area (Å²) in [6.45, 7) is 2.24. The van der Waals surface area contributed by atoms with Crippen molar-refractivity contribution in [2.24, 2.45) is 0 Å². The zero-order valence-corrected chi connectivity index (χ0v) is 19.9. The molecule has 0 saturated carbocycles. The molecule has 1 amide bonds. The number of amides is 1. The molecular formula is C23H28ClN5O2S. The van der Waals surface area contributed by atoms with E-state index in [2.05, 4.69) is 21.8 Å². The molecule has 0 aliphatic carbocycles. The molecule has 32 heavy (non-hydrogen) atoms. The van der Waals surface area contributed by atoms with Crippen molar-refractivity contribution < 1.29 is 9.63 Å². The third-order valence-corrected chi connectivity index (χ3v) is 6.88. The highest BCUT2D eigenvalue weighted by molar-refractivity contribution is 7.18. The lowest BCUT2D eigenvalue weighted by Crippen LogP contribution is -2.35. The number of hydrogen-bond donors (Lipinski definition) is 3. The number of nitrogens with one attached hydrogen (secondary N) is 3. The van der Waals surface area contributed by atoms with Crippen LogP contribution >= 0.6 is 22.9 Å². The van der Waals surface area contributed by atoms with Crippen LogP contribution in [0.1, 0.15) is 40.1 Å². The second kappa shape index (κ2) is 9.94. The molecule has 9 heteroatoms. The average molecular weight is 474 g/mol. The van der Waals surface area contributed by atoms with E-state index in [-0.39, 0.29) is 12.0 Å². The monoisotopic (exact) mass is 473 g/mol. The molecule has 2 aliphatic heterocycles. The van der Waals surface area contributed by atoms with Gasteiger partial charge in [-0.3, -0.25) is 20.5 Å². The summed E-state index contributed by atoms with van der Waals surface area (Å²) in [4.78, 5) is 22.7. The molecule has 7 nitrogen and oxygen atoms in total. The highest BCUT2D eigenvalue weighted by Gasteiger charge is 2.23. The number of nitrogens with zero attached hydrogens (tertiary/aromatic N) is 2. The van der Waals surface area contributed by atoms with Gasteiger partial charge in [-0.15, -0.1) is 11.3 Å². The van der Waals surface area contributed by atoms with Gasteiger partial charge in [-0.25, -0.2) is 0 Å². The number of likely N-dealkylation sites (tertiary alicyclic amines) is 1. The lowest BCUT2D eigenvalue weighted by molar-refractivity contribution is 0.0499. The predicted octanol–water partition coefficient (Wildman–Crippen LogP) is 3.95. The van der Waals surface area contributed by atoms with E-state index in [1.807, 2.05) is 37.2 Å². The van der Waals surface area contributed by atoms with Crippen molar-refractivity contribution in [3.8, 4) is 0 Å². The molecule has 4 rings (SSSR count). The SMILES string of the molecule is CN(C)c1cc(C(=N)N2CCCCC2)ccc1C1=CC(CNC(=O)c2ccc(Cl)s2)ON1. The summed E-state index contributed by atoms with van der Waals surface area (Å²) >= 11 is 7.16. The van der Waals surface area contributed by atoms with Gasteiger partial charge in [0.05, 0.1) is 21.5 Å². The Kier molecular flexibility index (Phi) is 7.03. The average Bonchev–Trinajstić information content (AvgIpc) is 3.46. The molecule has 2 aromatic rings. The third kappa shape index (κ3) is 5.09. The highest BCUT2D eigenvalue weighted by Crippen LogP contribution is 2.29. The van der Waals surface area contributed by atoms with Gasteiger partial charge in [-0.2, -0.15) is 0 Å². The zero-order chi connectivity index (χ0) is 22.7. The first-order chi connectivity index (χ1) is 15.4. The van der Waals surface area contributed by atoms with E-state index in [0.717, 1.165) is 48.4 Å². The molecule has 0 bridgehead atoms. The Balaban J connectivity index is 1.46. The number of carbonyl (C=O) groups is 1. The lowest BCUT2D eigenvalue weighted by Gasteiger charge is -2.29. The largest absolute Gasteiger partial charge is 0.377 e. The van der Waals surface area contributed by atoms with Gasteiger partial charge in [0, 0.05) is 44.0 Å². The van der Waals surface area contributed by atoms with Crippen LogP contribution < -0.4 is 15.7 Å². The van der Waals surface area contributed by atoms with Gasteiger partial charge in [0.1, 0.15) is 11.9 Å². The Morgan fingerprint density at radius 1 is 1.28 bits per heavy atom. The number of halogens is 1.